The lowest BCUT2D eigenvalue weighted by atomic mass is 10.0. The Kier molecular flexibility index (Phi) is 7.12. The van der Waals surface area contributed by atoms with Crippen molar-refractivity contribution in [1.29, 1.82) is 0 Å². The molecule has 0 saturated heterocycles. The van der Waals surface area contributed by atoms with E-state index in [1.807, 2.05) is 6.07 Å². The van der Waals surface area contributed by atoms with E-state index in [1.165, 1.54) is 31.4 Å². The van der Waals surface area contributed by atoms with Gasteiger partial charge in [0.05, 0.1) is 4.92 Å². The number of carbonyl (C=O) groups is 1. The summed E-state index contributed by atoms with van der Waals surface area (Å²) in [6.45, 7) is 0. The van der Waals surface area contributed by atoms with Crippen LogP contribution in [0.2, 0.25) is 0 Å². The van der Waals surface area contributed by atoms with E-state index >= 15 is 0 Å². The van der Waals surface area contributed by atoms with Crippen LogP contribution < -0.4 is 0 Å². The smallest absolute Gasteiger partial charge is 0.316 e. The summed E-state index contributed by atoms with van der Waals surface area (Å²) in [4.78, 5) is 29.6. The number of nitro groups is 1. The van der Waals surface area contributed by atoms with Gasteiger partial charge >= 0.3 is 8.25 Å². The molecule has 116 valence electrons. The first kappa shape index (κ1) is 17.7. The van der Waals surface area contributed by atoms with Gasteiger partial charge in [-0.05, 0) is 12.1 Å². The fourth-order valence-electron chi connectivity index (χ4n) is 1.49. The topological polar surface area (TPSA) is 107 Å². The van der Waals surface area contributed by atoms with Crippen LogP contribution >= 0.6 is 8.25 Å². The number of benzene rings is 2. The number of ketones is 1. The zero-order valence-corrected chi connectivity index (χ0v) is 12.6. The molecule has 1 unspecified atom stereocenters. The van der Waals surface area contributed by atoms with E-state index < -0.39 is 13.2 Å². The van der Waals surface area contributed by atoms with E-state index in [4.69, 9.17) is 4.89 Å². The van der Waals surface area contributed by atoms with E-state index in [1.54, 1.807) is 24.3 Å². The third kappa shape index (κ3) is 5.57. The van der Waals surface area contributed by atoms with E-state index in [-0.39, 0.29) is 11.5 Å². The van der Waals surface area contributed by atoms with Gasteiger partial charge in [0.15, 0.2) is 5.78 Å². The normalized spacial score (nSPS) is 11.0. The van der Waals surface area contributed by atoms with Crippen molar-refractivity contribution in [2.75, 3.05) is 7.11 Å². The van der Waals surface area contributed by atoms with Crippen molar-refractivity contribution in [1.82, 2.24) is 0 Å². The first-order valence-corrected chi connectivity index (χ1v) is 7.33. The highest BCUT2D eigenvalue weighted by Crippen LogP contribution is 2.15. The molecule has 0 bridgehead atoms. The second kappa shape index (κ2) is 8.84. The van der Waals surface area contributed by atoms with Gasteiger partial charge in [0.25, 0.3) is 5.69 Å². The number of hydrogen-bond donors (Lipinski definition) is 1. The van der Waals surface area contributed by atoms with Crippen LogP contribution in [0.5, 0.6) is 0 Å². The zero-order valence-electron chi connectivity index (χ0n) is 11.6. The fraction of sp³-hybridized carbons (Fsp3) is 0.0714. The Morgan fingerprint density at radius 1 is 1.09 bits per heavy atom. The highest BCUT2D eigenvalue weighted by atomic mass is 31.1. The molecule has 1 N–H and O–H groups in total. The molecule has 2 aromatic rings. The third-order valence-electron chi connectivity index (χ3n) is 2.55. The number of carbonyl (C=O) groups excluding carboxylic acids is 1. The monoisotopic (exact) mass is 323 g/mol. The fourth-order valence-corrected chi connectivity index (χ4v) is 1.49. The molecule has 22 heavy (non-hydrogen) atoms. The molecule has 2 aromatic carbocycles. The molecular formula is C14H14NO6P. The number of rotatable bonds is 4. The largest absolute Gasteiger partial charge is 0.326 e. The molecule has 0 spiro atoms. The minimum absolute atomic E-state index is 0.0189. The Bertz CT molecular complexity index is 657. The summed E-state index contributed by atoms with van der Waals surface area (Å²) in [5, 5.41) is 10.5. The molecule has 0 amide bonds. The summed E-state index contributed by atoms with van der Waals surface area (Å²) in [6, 6.07) is 14.4. The van der Waals surface area contributed by atoms with Crippen molar-refractivity contribution < 1.29 is 23.7 Å². The van der Waals surface area contributed by atoms with Crippen LogP contribution in [0.4, 0.5) is 5.69 Å². The zero-order chi connectivity index (χ0) is 16.5. The number of nitrogens with zero attached hydrogens (tertiary/aromatic N) is 1. The van der Waals surface area contributed by atoms with Gasteiger partial charge in [0.1, 0.15) is 0 Å². The van der Waals surface area contributed by atoms with Crippen LogP contribution in [0.15, 0.2) is 54.6 Å². The molecule has 2 rings (SSSR count). The summed E-state index contributed by atoms with van der Waals surface area (Å²) in [5.74, 6) is -0.138. The minimum atomic E-state index is -2.62. The van der Waals surface area contributed by atoms with Gasteiger partial charge in [-0.2, -0.15) is 0 Å². The summed E-state index contributed by atoms with van der Waals surface area (Å²) in [7, 11) is -1.44. The van der Waals surface area contributed by atoms with E-state index in [0.717, 1.165) is 0 Å². The summed E-state index contributed by atoms with van der Waals surface area (Å²) in [5.41, 5.74) is 0.998. The third-order valence-corrected chi connectivity index (χ3v) is 2.90. The van der Waals surface area contributed by atoms with Crippen molar-refractivity contribution in [3.8, 4) is 0 Å². The van der Waals surface area contributed by atoms with Crippen LogP contribution in [-0.2, 0) is 9.09 Å². The van der Waals surface area contributed by atoms with Gasteiger partial charge in [-0.1, -0.05) is 30.3 Å². The lowest BCUT2D eigenvalue weighted by Crippen LogP contribution is -2.00. The molecule has 0 radical (unpaired) electrons. The standard InChI is InChI=1S/C13H9NO3.CH5O3P/c15-13(10-4-2-1-3-5-10)11-6-8-12(9-7-11)14(16)17;1-4-5(2)3/h1-9H;5H,1H3,(H,2,3). The van der Waals surface area contributed by atoms with E-state index in [9.17, 15) is 19.5 Å². The number of nitro benzene ring substituents is 1. The molecule has 0 saturated carbocycles. The van der Waals surface area contributed by atoms with Crippen LogP contribution in [0.25, 0.3) is 0 Å². The molecule has 0 heterocycles. The van der Waals surface area contributed by atoms with Gasteiger partial charge in [-0.3, -0.25) is 19.5 Å². The first-order valence-electron chi connectivity index (χ1n) is 6.07. The highest BCUT2D eigenvalue weighted by Gasteiger charge is 2.10. The predicted octanol–water partition coefficient (Wildman–Crippen LogP) is 2.84. The van der Waals surface area contributed by atoms with Crippen molar-refractivity contribution in [2.24, 2.45) is 0 Å². The number of non-ortho nitro benzene ring substituents is 1. The molecular weight excluding hydrogens is 309 g/mol. The molecule has 0 aliphatic heterocycles. The lowest BCUT2D eigenvalue weighted by molar-refractivity contribution is -0.384. The Labute approximate surface area is 127 Å². The maximum absolute atomic E-state index is 12.0. The number of hydrogen-bond acceptors (Lipinski definition) is 5. The molecule has 8 heteroatoms. The Balaban J connectivity index is 0.000000422. The average Bonchev–Trinajstić information content (AvgIpc) is 2.55. The molecule has 7 nitrogen and oxygen atoms in total. The Morgan fingerprint density at radius 3 is 1.95 bits per heavy atom. The van der Waals surface area contributed by atoms with Gasteiger partial charge in [0, 0.05) is 30.4 Å². The van der Waals surface area contributed by atoms with Crippen molar-refractivity contribution >= 4 is 19.7 Å². The maximum atomic E-state index is 12.0. The molecule has 1 atom stereocenters. The van der Waals surface area contributed by atoms with Gasteiger partial charge < -0.3 is 9.42 Å². The van der Waals surface area contributed by atoms with Gasteiger partial charge in [-0.25, -0.2) is 0 Å². The van der Waals surface area contributed by atoms with Gasteiger partial charge in [-0.15, -0.1) is 0 Å². The SMILES string of the molecule is CO[PH](=O)O.O=C(c1ccccc1)c1ccc([N+](=O)[O-])cc1. The quantitative estimate of drug-likeness (QED) is 0.401. The lowest BCUT2D eigenvalue weighted by Gasteiger charge is -2.00. The Hall–Kier alpha value is -2.34. The van der Waals surface area contributed by atoms with Crippen LogP contribution in [-0.4, -0.2) is 22.7 Å². The van der Waals surface area contributed by atoms with Crippen molar-refractivity contribution in [3.63, 3.8) is 0 Å². The molecule has 0 fully saturated rings. The summed E-state index contributed by atoms with van der Waals surface area (Å²) < 4.78 is 13.2. The van der Waals surface area contributed by atoms with E-state index in [0.29, 0.717) is 11.1 Å². The summed E-state index contributed by atoms with van der Waals surface area (Å²) in [6.07, 6.45) is 0. The van der Waals surface area contributed by atoms with Crippen LogP contribution in [0.3, 0.4) is 0 Å². The molecule has 0 aliphatic carbocycles. The van der Waals surface area contributed by atoms with Crippen molar-refractivity contribution in [2.45, 2.75) is 0 Å². The van der Waals surface area contributed by atoms with Gasteiger partial charge in [0.2, 0.25) is 0 Å². The second-order valence-electron chi connectivity index (χ2n) is 3.97. The van der Waals surface area contributed by atoms with Crippen molar-refractivity contribution in [3.05, 3.63) is 75.8 Å². The van der Waals surface area contributed by atoms with E-state index in [2.05, 4.69) is 4.52 Å². The minimum Gasteiger partial charge on any atom is -0.326 e. The van der Waals surface area contributed by atoms with Crippen LogP contribution in [0.1, 0.15) is 15.9 Å². The summed E-state index contributed by atoms with van der Waals surface area (Å²) >= 11 is 0. The second-order valence-corrected chi connectivity index (χ2v) is 4.91. The molecule has 0 aromatic heterocycles. The maximum Gasteiger partial charge on any atom is 0.316 e. The Morgan fingerprint density at radius 2 is 1.55 bits per heavy atom. The highest BCUT2D eigenvalue weighted by molar-refractivity contribution is 7.32. The molecule has 0 aliphatic rings. The van der Waals surface area contributed by atoms with Crippen LogP contribution in [0, 0.1) is 10.1 Å². The predicted molar refractivity (Wildman–Crippen MR) is 81.2 cm³/mol. The average molecular weight is 323 g/mol. The first-order chi connectivity index (χ1) is 10.5.